The van der Waals surface area contributed by atoms with E-state index in [-0.39, 0.29) is 9.04 Å². The van der Waals surface area contributed by atoms with Crippen LogP contribution in [0.1, 0.15) is 0 Å². The number of pyridine rings is 1. The number of halogens is 4. The van der Waals surface area contributed by atoms with E-state index in [1.54, 1.807) is 0 Å². The van der Waals surface area contributed by atoms with Gasteiger partial charge in [0.25, 0.3) is 11.2 Å². The van der Waals surface area contributed by atoms with E-state index in [4.69, 9.17) is 0 Å². The Morgan fingerprint density at radius 2 is 2.06 bits per heavy atom. The quantitative estimate of drug-likeness (QED) is 0.486. The molecule has 0 aromatic carbocycles. The van der Waals surface area contributed by atoms with Crippen molar-refractivity contribution in [1.82, 2.24) is 4.57 Å². The molecule has 1 heterocycles. The fourth-order valence-electron chi connectivity index (χ4n) is 1.04. The van der Waals surface area contributed by atoms with E-state index >= 15 is 0 Å². The maximum Gasteiger partial charge on any atom is 0.497 e. The van der Waals surface area contributed by atoms with E-state index < -0.39 is 29.6 Å². The van der Waals surface area contributed by atoms with Crippen molar-refractivity contribution in [2.75, 3.05) is 0 Å². The van der Waals surface area contributed by atoms with Crippen LogP contribution in [-0.2, 0) is 6.44 Å². The molecule has 0 aliphatic rings. The van der Waals surface area contributed by atoms with Gasteiger partial charge in [0.05, 0.1) is 15.6 Å². The Hall–Kier alpha value is -1.32. The third kappa shape index (κ3) is 3.09. The lowest BCUT2D eigenvalue weighted by atomic mass is 9.92. The minimum absolute atomic E-state index is 0.266. The largest absolute Gasteiger partial charge is 0.497 e. The minimum atomic E-state index is -5.23. The minimum Gasteiger partial charge on any atom is -0.448 e. The van der Waals surface area contributed by atoms with E-state index in [1.165, 1.54) is 0 Å². The van der Waals surface area contributed by atoms with Gasteiger partial charge in [0.15, 0.2) is 0 Å². The van der Waals surface area contributed by atoms with Crippen molar-refractivity contribution < 1.29 is 17.9 Å². The van der Waals surface area contributed by atoms with Gasteiger partial charge < -0.3 is 17.5 Å². The third-order valence-electron chi connectivity index (χ3n) is 1.64. The van der Waals surface area contributed by atoms with Crippen molar-refractivity contribution in [2.24, 2.45) is 0 Å². The van der Waals surface area contributed by atoms with Crippen LogP contribution in [0.3, 0.4) is 0 Å². The normalized spacial score (nSPS) is 11.5. The van der Waals surface area contributed by atoms with Gasteiger partial charge in [0, 0.05) is 6.07 Å². The van der Waals surface area contributed by atoms with Crippen LogP contribution < -0.4 is 5.56 Å². The molecule has 0 N–H and O–H groups in total. The number of rotatable bonds is 3. The van der Waals surface area contributed by atoms with E-state index in [0.29, 0.717) is 6.20 Å². The molecule has 0 aliphatic carbocycles. The van der Waals surface area contributed by atoms with Crippen molar-refractivity contribution in [3.8, 4) is 0 Å². The number of hydrogen-bond acceptors (Lipinski definition) is 3. The van der Waals surface area contributed by atoms with E-state index in [2.05, 4.69) is 15.9 Å². The van der Waals surface area contributed by atoms with Gasteiger partial charge in [0.2, 0.25) is 0 Å². The van der Waals surface area contributed by atoms with Crippen LogP contribution in [-0.4, -0.2) is 16.5 Å². The first kappa shape index (κ1) is 12.8. The summed E-state index contributed by atoms with van der Waals surface area (Å²) in [5, 5.41) is 10.4. The molecule has 0 saturated heterocycles. The third-order valence-corrected chi connectivity index (χ3v) is 2.21. The van der Waals surface area contributed by atoms with Crippen LogP contribution in [0.25, 0.3) is 0 Å². The predicted molar refractivity (Wildman–Crippen MR) is 54.1 cm³/mol. The summed E-state index contributed by atoms with van der Waals surface area (Å²) in [6.45, 7) is -5.23. The summed E-state index contributed by atoms with van der Waals surface area (Å²) < 4.78 is 36.3. The first-order valence-corrected chi connectivity index (χ1v) is 4.75. The molecule has 0 saturated carbocycles. The van der Waals surface area contributed by atoms with Gasteiger partial charge in [0.1, 0.15) is 0 Å². The second-order valence-corrected chi connectivity index (χ2v) is 3.83. The summed E-state index contributed by atoms with van der Waals surface area (Å²) in [6, 6.07) is 0.863. The smallest absolute Gasteiger partial charge is 0.448 e. The highest BCUT2D eigenvalue weighted by Gasteiger charge is 2.25. The van der Waals surface area contributed by atoms with Crippen LogP contribution in [0.5, 0.6) is 0 Å². The Bertz CT molecular complexity index is 487. The fourth-order valence-corrected chi connectivity index (χ4v) is 1.51. The summed E-state index contributed by atoms with van der Waals surface area (Å²) in [4.78, 5) is 20.7. The van der Waals surface area contributed by atoms with Gasteiger partial charge in [-0.3, -0.25) is 14.9 Å². The second kappa shape index (κ2) is 4.28. The van der Waals surface area contributed by atoms with Crippen molar-refractivity contribution in [3.63, 3.8) is 0 Å². The molecule has 0 spiro atoms. The Morgan fingerprint density at radius 1 is 1.50 bits per heavy atom. The average Bonchev–Trinajstić information content (AvgIpc) is 2.10. The van der Waals surface area contributed by atoms with Crippen LogP contribution in [0.4, 0.5) is 18.6 Å². The molecule has 88 valence electrons. The van der Waals surface area contributed by atoms with Gasteiger partial charge in [-0.1, -0.05) is 0 Å². The highest BCUT2D eigenvalue weighted by atomic mass is 79.9. The average molecular weight is 300 g/mol. The van der Waals surface area contributed by atoms with Crippen molar-refractivity contribution in [1.29, 1.82) is 0 Å². The van der Waals surface area contributed by atoms with Crippen LogP contribution in [0.2, 0.25) is 0 Å². The zero-order chi connectivity index (χ0) is 12.5. The van der Waals surface area contributed by atoms with E-state index in [1.807, 2.05) is 0 Å². The molecule has 1 aromatic rings. The van der Waals surface area contributed by atoms with Gasteiger partial charge in [-0.05, 0) is 22.4 Å². The summed E-state index contributed by atoms with van der Waals surface area (Å²) in [5.41, 5.74) is -1.53. The Morgan fingerprint density at radius 3 is 2.50 bits per heavy atom. The first-order valence-electron chi connectivity index (χ1n) is 3.96. The molecule has 0 radical (unpaired) electrons. The first-order chi connectivity index (χ1) is 7.20. The molecule has 10 heteroatoms. The molecule has 1 rings (SSSR count). The highest BCUT2D eigenvalue weighted by Crippen LogP contribution is 2.17. The molecule has 16 heavy (non-hydrogen) atoms. The van der Waals surface area contributed by atoms with Crippen LogP contribution in [0.15, 0.2) is 21.5 Å². The van der Waals surface area contributed by atoms with Crippen LogP contribution in [0, 0.1) is 10.1 Å². The molecular weight excluding hydrogens is 296 g/mol. The Labute approximate surface area is 95.2 Å². The number of aromatic nitrogens is 1. The molecular formula is C6H4BBrF3N2O3-. The van der Waals surface area contributed by atoms with Gasteiger partial charge in [-0.2, -0.15) is 0 Å². The van der Waals surface area contributed by atoms with E-state index in [0.717, 1.165) is 6.07 Å². The Balaban J connectivity index is 3.28. The SMILES string of the molecule is O=c1c(Br)cc([N+](=O)[O-])cn1C[B-](F)(F)F. The lowest BCUT2D eigenvalue weighted by Crippen LogP contribution is -2.32. The molecule has 0 bridgehead atoms. The second-order valence-electron chi connectivity index (χ2n) is 2.97. The van der Waals surface area contributed by atoms with Crippen LogP contribution >= 0.6 is 15.9 Å². The van der Waals surface area contributed by atoms with Gasteiger partial charge in [-0.25, -0.2) is 0 Å². The molecule has 0 unspecified atom stereocenters. The Kier molecular flexibility index (Phi) is 3.41. The summed E-state index contributed by atoms with van der Waals surface area (Å²) >= 11 is 2.67. The maximum absolute atomic E-state index is 12.1. The van der Waals surface area contributed by atoms with Gasteiger partial charge in [-0.15, -0.1) is 0 Å². The zero-order valence-corrected chi connectivity index (χ0v) is 9.16. The number of nitro groups is 1. The monoisotopic (exact) mass is 299 g/mol. The summed E-state index contributed by atoms with van der Waals surface area (Å²) in [6.07, 6.45) is -0.929. The highest BCUT2D eigenvalue weighted by molar-refractivity contribution is 9.10. The number of nitrogens with zero attached hydrogens (tertiary/aromatic N) is 2. The van der Waals surface area contributed by atoms with Crippen molar-refractivity contribution in [2.45, 2.75) is 6.44 Å². The summed E-state index contributed by atoms with van der Waals surface area (Å²) in [7, 11) is 0. The zero-order valence-electron chi connectivity index (χ0n) is 7.57. The molecule has 5 nitrogen and oxygen atoms in total. The fraction of sp³-hybridized carbons (Fsp3) is 0.167. The van der Waals surface area contributed by atoms with E-state index in [9.17, 15) is 27.9 Å². The van der Waals surface area contributed by atoms with Crippen molar-refractivity contribution in [3.05, 3.63) is 37.2 Å². The lowest BCUT2D eigenvalue weighted by molar-refractivity contribution is -0.385. The van der Waals surface area contributed by atoms with Gasteiger partial charge >= 0.3 is 6.98 Å². The molecule has 0 amide bonds. The maximum atomic E-state index is 12.1. The standard InChI is InChI=1S/C6H4BBrF3N2O3/c8-5-1-4(13(15)16)2-12(6(5)14)3-7(9,10)11/h1-2H,3H2/q-1. The summed E-state index contributed by atoms with van der Waals surface area (Å²) in [5.74, 6) is 0. The molecule has 0 fully saturated rings. The molecule has 0 atom stereocenters. The topological polar surface area (TPSA) is 65.1 Å². The lowest BCUT2D eigenvalue weighted by Gasteiger charge is -2.15. The molecule has 1 aromatic heterocycles. The number of hydrogen-bond donors (Lipinski definition) is 0. The predicted octanol–water partition coefficient (Wildman–Crippen LogP) is 1.91. The van der Waals surface area contributed by atoms with Crippen molar-refractivity contribution >= 4 is 28.6 Å². The molecule has 0 aliphatic heterocycles.